The number of halogens is 1. The minimum atomic E-state index is 0.0237. The Morgan fingerprint density at radius 3 is 1.94 bits per heavy atom. The van der Waals surface area contributed by atoms with Crippen molar-refractivity contribution >= 4 is 65.3 Å². The number of carbonyl (C=O) groups is 1. The lowest BCUT2D eigenvalue weighted by molar-refractivity contribution is 0.104. The molecule has 0 amide bonds. The Labute approximate surface area is 216 Å². The van der Waals surface area contributed by atoms with Gasteiger partial charge in [0.25, 0.3) is 0 Å². The Kier molecular flexibility index (Phi) is 5.69. The predicted molar refractivity (Wildman–Crippen MR) is 152 cm³/mol. The van der Waals surface area contributed by atoms with Crippen molar-refractivity contribution in [2.24, 2.45) is 0 Å². The fourth-order valence-electron chi connectivity index (χ4n) is 4.55. The third-order valence-electron chi connectivity index (χ3n) is 6.20. The molecule has 0 aliphatic carbocycles. The Morgan fingerprint density at radius 2 is 1.29 bits per heavy atom. The SMILES string of the molecule is O=C(c1c(-c2ccc(Br)cc2)csc1Nc1ccccc1)c1c2ccccc2cc2ccccc12. The fourth-order valence-corrected chi connectivity index (χ4v) is 5.80. The van der Waals surface area contributed by atoms with Crippen molar-refractivity contribution in [2.45, 2.75) is 0 Å². The molecular weight excluding hydrogens is 514 g/mol. The van der Waals surface area contributed by atoms with Crippen LogP contribution in [0.15, 0.2) is 119 Å². The zero-order valence-electron chi connectivity index (χ0n) is 18.7. The predicted octanol–water partition coefficient (Wildman–Crippen LogP) is 9.46. The molecule has 1 N–H and O–H groups in total. The van der Waals surface area contributed by atoms with Crippen LogP contribution in [-0.2, 0) is 0 Å². The number of carbonyl (C=O) groups excluding carboxylic acids is 1. The first kappa shape index (κ1) is 21.8. The van der Waals surface area contributed by atoms with Gasteiger partial charge in [0.15, 0.2) is 5.78 Å². The lowest BCUT2D eigenvalue weighted by Gasteiger charge is -2.14. The molecule has 0 spiro atoms. The lowest BCUT2D eigenvalue weighted by Crippen LogP contribution is -2.06. The van der Waals surface area contributed by atoms with E-state index in [2.05, 4.69) is 57.0 Å². The molecule has 5 aromatic carbocycles. The quantitative estimate of drug-likeness (QED) is 0.176. The first-order valence-electron chi connectivity index (χ1n) is 11.3. The summed E-state index contributed by atoms with van der Waals surface area (Å²) in [5.74, 6) is 0.0237. The molecule has 0 aliphatic rings. The summed E-state index contributed by atoms with van der Waals surface area (Å²) >= 11 is 5.09. The molecule has 0 saturated carbocycles. The van der Waals surface area contributed by atoms with E-state index in [1.807, 2.05) is 78.9 Å². The average Bonchev–Trinajstić information content (AvgIpc) is 3.31. The molecule has 6 aromatic rings. The van der Waals surface area contributed by atoms with Gasteiger partial charge in [-0.2, -0.15) is 0 Å². The summed E-state index contributed by atoms with van der Waals surface area (Å²) in [7, 11) is 0. The Morgan fingerprint density at radius 1 is 0.686 bits per heavy atom. The van der Waals surface area contributed by atoms with Gasteiger partial charge >= 0.3 is 0 Å². The van der Waals surface area contributed by atoms with E-state index < -0.39 is 0 Å². The normalized spacial score (nSPS) is 11.1. The van der Waals surface area contributed by atoms with Gasteiger partial charge in [0.2, 0.25) is 0 Å². The molecule has 0 atom stereocenters. The molecule has 0 bridgehead atoms. The van der Waals surface area contributed by atoms with Crippen LogP contribution in [0.25, 0.3) is 32.7 Å². The second-order valence-electron chi connectivity index (χ2n) is 8.37. The highest BCUT2D eigenvalue weighted by molar-refractivity contribution is 9.10. The van der Waals surface area contributed by atoms with Crippen LogP contribution in [0.3, 0.4) is 0 Å². The highest BCUT2D eigenvalue weighted by atomic mass is 79.9. The minimum Gasteiger partial charge on any atom is -0.347 e. The van der Waals surface area contributed by atoms with Crippen LogP contribution < -0.4 is 5.32 Å². The van der Waals surface area contributed by atoms with E-state index in [4.69, 9.17) is 0 Å². The first-order chi connectivity index (χ1) is 17.2. The molecule has 1 heterocycles. The maximum Gasteiger partial charge on any atom is 0.197 e. The summed E-state index contributed by atoms with van der Waals surface area (Å²) in [5.41, 5.74) is 4.34. The van der Waals surface area contributed by atoms with E-state index in [9.17, 15) is 4.79 Å². The second-order valence-corrected chi connectivity index (χ2v) is 10.2. The van der Waals surface area contributed by atoms with Crippen LogP contribution >= 0.6 is 27.3 Å². The van der Waals surface area contributed by atoms with Crippen molar-refractivity contribution < 1.29 is 4.79 Å². The first-order valence-corrected chi connectivity index (χ1v) is 13.0. The van der Waals surface area contributed by atoms with E-state index >= 15 is 0 Å². The monoisotopic (exact) mass is 533 g/mol. The van der Waals surface area contributed by atoms with Gasteiger partial charge in [0, 0.05) is 26.7 Å². The third-order valence-corrected chi connectivity index (χ3v) is 7.63. The van der Waals surface area contributed by atoms with E-state index in [0.717, 1.165) is 53.4 Å². The van der Waals surface area contributed by atoms with Crippen LogP contribution in [-0.4, -0.2) is 5.78 Å². The van der Waals surface area contributed by atoms with Gasteiger partial charge in [0.05, 0.1) is 5.56 Å². The van der Waals surface area contributed by atoms with Crippen LogP contribution in [0, 0.1) is 0 Å². The molecule has 0 unspecified atom stereocenters. The summed E-state index contributed by atoms with van der Waals surface area (Å²) in [5, 5.41) is 10.5. The Hall–Kier alpha value is -3.73. The molecule has 0 aliphatic heterocycles. The highest BCUT2D eigenvalue weighted by Crippen LogP contribution is 2.41. The van der Waals surface area contributed by atoms with Crippen LogP contribution in [0.5, 0.6) is 0 Å². The van der Waals surface area contributed by atoms with Crippen molar-refractivity contribution in [1.29, 1.82) is 0 Å². The fraction of sp³-hybridized carbons (Fsp3) is 0. The largest absolute Gasteiger partial charge is 0.347 e. The number of fused-ring (bicyclic) bond motifs is 2. The molecule has 6 rings (SSSR count). The van der Waals surface area contributed by atoms with Crippen molar-refractivity contribution in [3.63, 3.8) is 0 Å². The highest BCUT2D eigenvalue weighted by Gasteiger charge is 2.25. The maximum atomic E-state index is 14.6. The smallest absolute Gasteiger partial charge is 0.197 e. The molecule has 4 heteroatoms. The number of para-hydroxylation sites is 1. The zero-order valence-corrected chi connectivity index (χ0v) is 21.1. The standard InChI is InChI=1S/C31H20BrNOS/c32-23-16-14-20(15-17-23)27-19-35-31(33-24-10-2-1-3-11-24)29(27)30(34)28-25-12-6-4-8-21(25)18-22-9-5-7-13-26(22)28/h1-19,33H. The van der Waals surface area contributed by atoms with E-state index in [1.165, 1.54) is 0 Å². The Bertz CT molecular complexity index is 1630. The van der Waals surface area contributed by atoms with Gasteiger partial charge in [-0.3, -0.25) is 4.79 Å². The van der Waals surface area contributed by atoms with Crippen LogP contribution in [0.4, 0.5) is 10.7 Å². The number of hydrogen-bond acceptors (Lipinski definition) is 3. The van der Waals surface area contributed by atoms with Gasteiger partial charge < -0.3 is 5.32 Å². The van der Waals surface area contributed by atoms with Crippen molar-refractivity contribution in [2.75, 3.05) is 5.32 Å². The van der Waals surface area contributed by atoms with Gasteiger partial charge in [0.1, 0.15) is 5.00 Å². The summed E-state index contributed by atoms with van der Waals surface area (Å²) in [4.78, 5) is 14.6. The third kappa shape index (κ3) is 4.05. The number of rotatable bonds is 5. The minimum absolute atomic E-state index is 0.0237. The number of ketones is 1. The van der Waals surface area contributed by atoms with E-state index in [0.29, 0.717) is 5.56 Å². The summed E-state index contributed by atoms with van der Waals surface area (Å²) in [6.45, 7) is 0. The molecule has 35 heavy (non-hydrogen) atoms. The van der Waals surface area contributed by atoms with Gasteiger partial charge in [-0.05, 0) is 57.4 Å². The topological polar surface area (TPSA) is 29.1 Å². The van der Waals surface area contributed by atoms with Crippen LogP contribution in [0.2, 0.25) is 0 Å². The summed E-state index contributed by atoms with van der Waals surface area (Å²) in [6, 6.07) is 36.6. The summed E-state index contributed by atoms with van der Waals surface area (Å²) < 4.78 is 1.01. The van der Waals surface area contributed by atoms with Crippen molar-refractivity contribution in [1.82, 2.24) is 0 Å². The molecule has 0 radical (unpaired) electrons. The van der Waals surface area contributed by atoms with Crippen molar-refractivity contribution in [3.05, 3.63) is 130 Å². The molecule has 2 nitrogen and oxygen atoms in total. The molecule has 0 saturated heterocycles. The van der Waals surface area contributed by atoms with Crippen molar-refractivity contribution in [3.8, 4) is 11.1 Å². The Balaban J connectivity index is 1.61. The van der Waals surface area contributed by atoms with Gasteiger partial charge in [-0.15, -0.1) is 11.3 Å². The van der Waals surface area contributed by atoms with Gasteiger partial charge in [-0.25, -0.2) is 0 Å². The zero-order chi connectivity index (χ0) is 23.8. The molecule has 0 fully saturated rings. The lowest BCUT2D eigenvalue weighted by atomic mass is 9.90. The second kappa shape index (κ2) is 9.14. The maximum absolute atomic E-state index is 14.6. The number of anilines is 2. The van der Waals surface area contributed by atoms with Crippen LogP contribution in [0.1, 0.15) is 15.9 Å². The number of benzene rings is 5. The van der Waals surface area contributed by atoms with E-state index in [1.54, 1.807) is 11.3 Å². The molecular formula is C31H20BrNOS. The number of nitrogens with one attached hydrogen (secondary N) is 1. The molecule has 1 aromatic heterocycles. The number of thiophene rings is 1. The number of hydrogen-bond donors (Lipinski definition) is 1. The average molecular weight is 534 g/mol. The summed E-state index contributed by atoms with van der Waals surface area (Å²) in [6.07, 6.45) is 0. The van der Waals surface area contributed by atoms with E-state index in [-0.39, 0.29) is 5.78 Å². The van der Waals surface area contributed by atoms with Gasteiger partial charge in [-0.1, -0.05) is 94.8 Å². The molecule has 168 valence electrons.